The van der Waals surface area contributed by atoms with E-state index in [9.17, 15) is 0 Å². The molecule has 0 radical (unpaired) electrons. The number of thiocarbonyl (C=S) groups is 1. The molecule has 0 aromatic heterocycles. The Morgan fingerprint density at radius 1 is 1.22 bits per heavy atom. The topological polar surface area (TPSA) is 24.1 Å². The molecule has 0 amide bonds. The lowest BCUT2D eigenvalue weighted by Gasteiger charge is -2.16. The van der Waals surface area contributed by atoms with Crippen molar-refractivity contribution in [2.75, 3.05) is 11.9 Å². The van der Waals surface area contributed by atoms with Gasteiger partial charge in [-0.3, -0.25) is 0 Å². The predicted octanol–water partition coefficient (Wildman–Crippen LogP) is 3.67. The van der Waals surface area contributed by atoms with Crippen molar-refractivity contribution in [2.45, 2.75) is 33.6 Å². The van der Waals surface area contributed by atoms with Gasteiger partial charge in [-0.05, 0) is 43.1 Å². The summed E-state index contributed by atoms with van der Waals surface area (Å²) in [6, 6.07) is 6.39. The Morgan fingerprint density at radius 2 is 1.78 bits per heavy atom. The molecule has 0 unspecified atom stereocenters. The molecule has 0 heterocycles. The van der Waals surface area contributed by atoms with Gasteiger partial charge in [-0.2, -0.15) is 0 Å². The average Bonchev–Trinajstić information content (AvgIpc) is 2.36. The van der Waals surface area contributed by atoms with Gasteiger partial charge in [-0.1, -0.05) is 44.2 Å². The number of para-hydroxylation sites is 1. The standard InChI is InChI=1S/C15H22N2S/c1-5-12-8-7-9-13(6-2)14(12)17-15(18)16-10-11(3)4/h7-9H,3,5-6,10H2,1-2,4H3,(H2,16,17,18). The predicted molar refractivity (Wildman–Crippen MR) is 84.2 cm³/mol. The highest BCUT2D eigenvalue weighted by Crippen LogP contribution is 2.22. The summed E-state index contributed by atoms with van der Waals surface area (Å²) in [6.07, 6.45) is 2.00. The molecule has 0 saturated heterocycles. The molecule has 1 rings (SSSR count). The highest BCUT2D eigenvalue weighted by Gasteiger charge is 2.07. The Kier molecular flexibility index (Phi) is 5.86. The molecule has 98 valence electrons. The van der Waals surface area contributed by atoms with Crippen LogP contribution in [0.5, 0.6) is 0 Å². The second-order valence-electron chi connectivity index (χ2n) is 4.42. The zero-order chi connectivity index (χ0) is 13.5. The van der Waals surface area contributed by atoms with Crippen molar-refractivity contribution >= 4 is 23.0 Å². The van der Waals surface area contributed by atoms with Crippen LogP contribution in [0.2, 0.25) is 0 Å². The minimum atomic E-state index is 0.661. The molecule has 2 nitrogen and oxygen atoms in total. The molecule has 1 aromatic carbocycles. The first kappa shape index (κ1) is 14.7. The van der Waals surface area contributed by atoms with Gasteiger partial charge in [0.2, 0.25) is 0 Å². The van der Waals surface area contributed by atoms with E-state index in [0.717, 1.165) is 24.1 Å². The minimum absolute atomic E-state index is 0.661. The summed E-state index contributed by atoms with van der Waals surface area (Å²) in [5, 5.41) is 7.13. The second-order valence-corrected chi connectivity index (χ2v) is 4.83. The second kappa shape index (κ2) is 7.17. The first-order chi connectivity index (χ1) is 8.58. The molecule has 18 heavy (non-hydrogen) atoms. The van der Waals surface area contributed by atoms with Crippen LogP contribution in [0.1, 0.15) is 31.9 Å². The average molecular weight is 262 g/mol. The summed E-state index contributed by atoms with van der Waals surface area (Å²) in [5.41, 5.74) is 4.82. The van der Waals surface area contributed by atoms with E-state index in [1.54, 1.807) is 0 Å². The van der Waals surface area contributed by atoms with E-state index < -0.39 is 0 Å². The molecule has 1 aromatic rings. The number of anilines is 1. The Hall–Kier alpha value is -1.35. The quantitative estimate of drug-likeness (QED) is 0.625. The summed E-state index contributed by atoms with van der Waals surface area (Å²) < 4.78 is 0. The van der Waals surface area contributed by atoms with Gasteiger partial charge in [0.25, 0.3) is 0 Å². The van der Waals surface area contributed by atoms with Crippen LogP contribution in [0.4, 0.5) is 5.69 Å². The zero-order valence-electron chi connectivity index (χ0n) is 11.5. The summed E-state index contributed by atoms with van der Waals surface area (Å²) in [5.74, 6) is 0. The largest absolute Gasteiger partial charge is 0.359 e. The van der Waals surface area contributed by atoms with E-state index in [-0.39, 0.29) is 0 Å². The number of benzene rings is 1. The van der Waals surface area contributed by atoms with E-state index in [0.29, 0.717) is 11.7 Å². The fourth-order valence-electron chi connectivity index (χ4n) is 1.79. The van der Waals surface area contributed by atoms with Crippen molar-refractivity contribution < 1.29 is 0 Å². The molecule has 0 aliphatic rings. The molecule has 3 heteroatoms. The molecule has 0 bridgehead atoms. The lowest BCUT2D eigenvalue weighted by Crippen LogP contribution is -2.30. The Labute approximate surface area is 115 Å². The van der Waals surface area contributed by atoms with E-state index >= 15 is 0 Å². The molecule has 0 aliphatic heterocycles. The van der Waals surface area contributed by atoms with Crippen molar-refractivity contribution in [3.05, 3.63) is 41.5 Å². The lowest BCUT2D eigenvalue weighted by molar-refractivity contribution is 0.996. The SMILES string of the molecule is C=C(C)CNC(=S)Nc1c(CC)cccc1CC. The fourth-order valence-corrected chi connectivity index (χ4v) is 1.97. The molecular weight excluding hydrogens is 240 g/mol. The Morgan fingerprint density at radius 3 is 2.22 bits per heavy atom. The molecular formula is C15H22N2S. The highest BCUT2D eigenvalue weighted by atomic mass is 32.1. The Balaban J connectivity index is 2.82. The number of rotatable bonds is 5. The minimum Gasteiger partial charge on any atom is -0.359 e. The van der Waals surface area contributed by atoms with Crippen LogP contribution in [0.3, 0.4) is 0 Å². The molecule has 2 N–H and O–H groups in total. The van der Waals surface area contributed by atoms with Crippen LogP contribution in [-0.2, 0) is 12.8 Å². The maximum Gasteiger partial charge on any atom is 0.171 e. The van der Waals surface area contributed by atoms with Crippen LogP contribution >= 0.6 is 12.2 Å². The van der Waals surface area contributed by atoms with Gasteiger partial charge in [0.1, 0.15) is 0 Å². The summed E-state index contributed by atoms with van der Waals surface area (Å²) in [4.78, 5) is 0. The first-order valence-corrected chi connectivity index (χ1v) is 6.79. The van der Waals surface area contributed by atoms with Gasteiger partial charge in [-0.15, -0.1) is 0 Å². The van der Waals surface area contributed by atoms with E-state index in [2.05, 4.69) is 49.3 Å². The summed E-state index contributed by atoms with van der Waals surface area (Å²) >= 11 is 5.31. The fraction of sp³-hybridized carbons (Fsp3) is 0.400. The third-order valence-electron chi connectivity index (χ3n) is 2.79. The first-order valence-electron chi connectivity index (χ1n) is 6.38. The molecule has 0 atom stereocenters. The number of hydrogen-bond donors (Lipinski definition) is 2. The highest BCUT2D eigenvalue weighted by molar-refractivity contribution is 7.80. The van der Waals surface area contributed by atoms with Gasteiger partial charge < -0.3 is 10.6 Å². The van der Waals surface area contributed by atoms with Crippen molar-refractivity contribution in [3.63, 3.8) is 0 Å². The van der Waals surface area contributed by atoms with Crippen LogP contribution in [0, 0.1) is 0 Å². The molecule has 0 spiro atoms. The number of hydrogen-bond acceptors (Lipinski definition) is 1. The van der Waals surface area contributed by atoms with E-state index in [1.165, 1.54) is 11.1 Å². The van der Waals surface area contributed by atoms with Crippen molar-refractivity contribution in [1.82, 2.24) is 5.32 Å². The van der Waals surface area contributed by atoms with Crippen LogP contribution in [0.15, 0.2) is 30.4 Å². The smallest absolute Gasteiger partial charge is 0.171 e. The van der Waals surface area contributed by atoms with Crippen LogP contribution < -0.4 is 10.6 Å². The van der Waals surface area contributed by atoms with Gasteiger partial charge in [0.05, 0.1) is 0 Å². The van der Waals surface area contributed by atoms with Crippen LogP contribution in [0.25, 0.3) is 0 Å². The number of nitrogens with one attached hydrogen (secondary N) is 2. The maximum atomic E-state index is 5.31. The van der Waals surface area contributed by atoms with Gasteiger partial charge in [-0.25, -0.2) is 0 Å². The molecule has 0 aliphatic carbocycles. The zero-order valence-corrected chi connectivity index (χ0v) is 12.3. The van der Waals surface area contributed by atoms with E-state index in [4.69, 9.17) is 12.2 Å². The van der Waals surface area contributed by atoms with E-state index in [1.807, 2.05) is 6.92 Å². The number of aryl methyl sites for hydroxylation is 2. The summed E-state index contributed by atoms with van der Waals surface area (Å²) in [6.45, 7) is 10.9. The van der Waals surface area contributed by atoms with Crippen molar-refractivity contribution in [1.29, 1.82) is 0 Å². The summed E-state index contributed by atoms with van der Waals surface area (Å²) in [7, 11) is 0. The van der Waals surface area contributed by atoms with Crippen molar-refractivity contribution in [3.8, 4) is 0 Å². The van der Waals surface area contributed by atoms with Crippen molar-refractivity contribution in [2.24, 2.45) is 0 Å². The third kappa shape index (κ3) is 4.15. The van der Waals surface area contributed by atoms with Crippen LogP contribution in [-0.4, -0.2) is 11.7 Å². The monoisotopic (exact) mass is 262 g/mol. The third-order valence-corrected chi connectivity index (χ3v) is 3.03. The molecule has 0 fully saturated rings. The maximum absolute atomic E-state index is 5.31. The Bertz CT molecular complexity index is 416. The van der Waals surface area contributed by atoms with Gasteiger partial charge >= 0.3 is 0 Å². The normalized spacial score (nSPS) is 9.94. The van der Waals surface area contributed by atoms with Gasteiger partial charge in [0, 0.05) is 12.2 Å². The van der Waals surface area contributed by atoms with Gasteiger partial charge in [0.15, 0.2) is 5.11 Å². The molecule has 0 saturated carbocycles. The lowest BCUT2D eigenvalue weighted by atomic mass is 10.0.